The Balaban J connectivity index is 2.42. The molecule has 0 saturated heterocycles. The Morgan fingerprint density at radius 3 is 2.54 bits per heavy atom. The van der Waals surface area contributed by atoms with Gasteiger partial charge < -0.3 is 5.11 Å². The fraction of sp³-hybridized carbons (Fsp3) is 0.625. The Bertz CT molecular complexity index is 226. The third kappa shape index (κ3) is 3.98. The van der Waals surface area contributed by atoms with Gasteiger partial charge in [0.2, 0.25) is 0 Å². The van der Waals surface area contributed by atoms with Crippen LogP contribution in [0.4, 0.5) is 0 Å². The lowest BCUT2D eigenvalue weighted by atomic mass is 10.4. The third-order valence-corrected chi connectivity index (χ3v) is 2.48. The first-order chi connectivity index (χ1) is 6.13. The van der Waals surface area contributed by atoms with E-state index in [1.54, 1.807) is 0 Å². The minimum absolute atomic E-state index is 0.0333. The molecule has 1 aliphatic carbocycles. The molecule has 1 aliphatic rings. The van der Waals surface area contributed by atoms with Crippen molar-refractivity contribution in [1.82, 2.24) is 4.90 Å². The summed E-state index contributed by atoms with van der Waals surface area (Å²) in [5, 5.41) is 9.09. The number of halogens is 2. The van der Waals surface area contributed by atoms with Crippen LogP contribution in [0.1, 0.15) is 12.8 Å². The van der Waals surface area contributed by atoms with Gasteiger partial charge in [-0.25, -0.2) is 0 Å². The van der Waals surface area contributed by atoms with Crippen LogP contribution in [0.15, 0.2) is 10.6 Å². The molecule has 13 heavy (non-hydrogen) atoms. The number of hydrogen-bond donors (Lipinski definition) is 1. The van der Waals surface area contributed by atoms with Crippen molar-refractivity contribution in [3.8, 4) is 0 Å². The van der Waals surface area contributed by atoms with Gasteiger partial charge in [-0.2, -0.15) is 0 Å². The maximum absolute atomic E-state index is 10.5. The first kappa shape index (κ1) is 10.8. The standard InChI is InChI=1S/C8H11Cl2NO2/c9-3-6(10)4-11(5-8(12)13)7-1-2-7/h3,7H,1-2,4-5H2,(H,12,13). The molecule has 1 N–H and O–H groups in total. The van der Waals surface area contributed by atoms with Crippen LogP contribution in [0.5, 0.6) is 0 Å². The molecule has 3 nitrogen and oxygen atoms in total. The average molecular weight is 224 g/mol. The summed E-state index contributed by atoms with van der Waals surface area (Å²) in [4.78, 5) is 12.3. The predicted octanol–water partition coefficient (Wildman–Crippen LogP) is 1.85. The summed E-state index contributed by atoms with van der Waals surface area (Å²) in [7, 11) is 0. The number of carboxylic acids is 1. The zero-order valence-electron chi connectivity index (χ0n) is 7.04. The van der Waals surface area contributed by atoms with E-state index in [4.69, 9.17) is 28.3 Å². The van der Waals surface area contributed by atoms with Crippen LogP contribution in [-0.2, 0) is 4.79 Å². The molecule has 0 aromatic carbocycles. The van der Waals surface area contributed by atoms with Crippen LogP contribution >= 0.6 is 23.2 Å². The summed E-state index contributed by atoms with van der Waals surface area (Å²) >= 11 is 11.1. The van der Waals surface area contributed by atoms with Gasteiger partial charge in [-0.15, -0.1) is 0 Å². The van der Waals surface area contributed by atoms with Crippen molar-refractivity contribution in [3.05, 3.63) is 10.6 Å². The third-order valence-electron chi connectivity index (χ3n) is 1.87. The summed E-state index contributed by atoms with van der Waals surface area (Å²) in [6.07, 6.45) is 2.11. The van der Waals surface area contributed by atoms with E-state index < -0.39 is 5.97 Å². The van der Waals surface area contributed by atoms with Crippen molar-refractivity contribution < 1.29 is 9.90 Å². The van der Waals surface area contributed by atoms with Crippen molar-refractivity contribution >= 4 is 29.2 Å². The number of carboxylic acid groups (broad SMARTS) is 1. The molecule has 0 amide bonds. The van der Waals surface area contributed by atoms with Gasteiger partial charge in [-0.3, -0.25) is 9.69 Å². The van der Waals surface area contributed by atoms with Crippen LogP contribution in [0.25, 0.3) is 0 Å². The topological polar surface area (TPSA) is 40.5 Å². The monoisotopic (exact) mass is 223 g/mol. The number of carbonyl (C=O) groups is 1. The van der Waals surface area contributed by atoms with E-state index in [9.17, 15) is 4.79 Å². The quantitative estimate of drug-likeness (QED) is 0.774. The van der Waals surface area contributed by atoms with E-state index >= 15 is 0 Å². The number of nitrogens with zero attached hydrogens (tertiary/aromatic N) is 1. The van der Waals surface area contributed by atoms with E-state index in [1.165, 1.54) is 5.54 Å². The van der Waals surface area contributed by atoms with Crippen LogP contribution in [0.3, 0.4) is 0 Å². The Morgan fingerprint density at radius 1 is 1.54 bits per heavy atom. The molecule has 0 aliphatic heterocycles. The molecule has 0 radical (unpaired) electrons. The maximum atomic E-state index is 10.5. The summed E-state index contributed by atoms with van der Waals surface area (Å²) in [5.41, 5.74) is 1.28. The maximum Gasteiger partial charge on any atom is 0.317 e. The molecule has 5 heteroatoms. The minimum Gasteiger partial charge on any atom is -0.480 e. The Labute approximate surface area is 86.9 Å². The molecule has 0 unspecified atom stereocenters. The summed E-state index contributed by atoms with van der Waals surface area (Å²) < 4.78 is 0. The molecule has 0 spiro atoms. The highest BCUT2D eigenvalue weighted by Crippen LogP contribution is 2.27. The smallest absolute Gasteiger partial charge is 0.317 e. The Morgan fingerprint density at radius 2 is 2.15 bits per heavy atom. The highest BCUT2D eigenvalue weighted by Gasteiger charge is 2.30. The highest BCUT2D eigenvalue weighted by atomic mass is 35.5. The summed E-state index contributed by atoms with van der Waals surface area (Å²) in [5.74, 6) is -0.828. The van der Waals surface area contributed by atoms with Crippen molar-refractivity contribution in [2.45, 2.75) is 18.9 Å². The molecule has 74 valence electrons. The Kier molecular flexibility index (Phi) is 4.03. The fourth-order valence-corrected chi connectivity index (χ4v) is 1.38. The number of rotatable bonds is 5. The van der Waals surface area contributed by atoms with Gasteiger partial charge >= 0.3 is 5.97 Å². The van der Waals surface area contributed by atoms with Gasteiger partial charge in [0.15, 0.2) is 0 Å². The molecule has 1 fully saturated rings. The molecule has 0 bridgehead atoms. The Hall–Kier alpha value is -0.250. The minimum atomic E-state index is -0.828. The van der Waals surface area contributed by atoms with E-state index in [1.807, 2.05) is 4.90 Å². The second kappa shape index (κ2) is 4.84. The largest absolute Gasteiger partial charge is 0.480 e. The van der Waals surface area contributed by atoms with Crippen LogP contribution in [0.2, 0.25) is 0 Å². The lowest BCUT2D eigenvalue weighted by Gasteiger charge is -2.18. The molecule has 0 atom stereocenters. The lowest BCUT2D eigenvalue weighted by molar-refractivity contribution is -0.138. The van der Waals surface area contributed by atoms with Crippen LogP contribution < -0.4 is 0 Å². The first-order valence-electron chi connectivity index (χ1n) is 4.04. The first-order valence-corrected chi connectivity index (χ1v) is 4.85. The second-order valence-electron chi connectivity index (χ2n) is 3.09. The zero-order valence-corrected chi connectivity index (χ0v) is 8.55. The van der Waals surface area contributed by atoms with Gasteiger partial charge in [0.1, 0.15) is 0 Å². The zero-order chi connectivity index (χ0) is 9.84. The summed E-state index contributed by atoms with van der Waals surface area (Å²) in [6.45, 7) is 0.466. The van der Waals surface area contributed by atoms with E-state index in [-0.39, 0.29) is 6.54 Å². The SMILES string of the molecule is O=C(O)CN(CC(Cl)=CCl)C1CC1. The molecule has 1 saturated carbocycles. The molecule has 0 aromatic rings. The second-order valence-corrected chi connectivity index (χ2v) is 3.79. The average Bonchev–Trinajstić information content (AvgIpc) is 2.84. The predicted molar refractivity (Wildman–Crippen MR) is 52.0 cm³/mol. The molecular weight excluding hydrogens is 213 g/mol. The van der Waals surface area contributed by atoms with Gasteiger partial charge in [-0.1, -0.05) is 23.2 Å². The van der Waals surface area contributed by atoms with E-state index in [2.05, 4.69) is 0 Å². The van der Waals surface area contributed by atoms with Crippen molar-refractivity contribution in [2.24, 2.45) is 0 Å². The summed E-state index contributed by atoms with van der Waals surface area (Å²) in [6, 6.07) is 0.376. The molecule has 1 rings (SSSR count). The molecule has 0 heterocycles. The van der Waals surface area contributed by atoms with Crippen molar-refractivity contribution in [1.29, 1.82) is 0 Å². The van der Waals surface area contributed by atoms with Gasteiger partial charge in [0, 0.05) is 23.2 Å². The van der Waals surface area contributed by atoms with Gasteiger partial charge in [-0.05, 0) is 12.8 Å². The number of hydrogen-bond acceptors (Lipinski definition) is 2. The highest BCUT2D eigenvalue weighted by molar-refractivity contribution is 6.36. The lowest BCUT2D eigenvalue weighted by Crippen LogP contribution is -2.32. The normalized spacial score (nSPS) is 17.9. The van der Waals surface area contributed by atoms with Gasteiger partial charge in [0.05, 0.1) is 6.54 Å². The van der Waals surface area contributed by atoms with Gasteiger partial charge in [0.25, 0.3) is 0 Å². The van der Waals surface area contributed by atoms with Crippen LogP contribution in [0, 0.1) is 0 Å². The van der Waals surface area contributed by atoms with Crippen molar-refractivity contribution in [3.63, 3.8) is 0 Å². The molecular formula is C8H11Cl2NO2. The molecule has 0 aromatic heterocycles. The van der Waals surface area contributed by atoms with Crippen LogP contribution in [-0.4, -0.2) is 35.1 Å². The fourth-order valence-electron chi connectivity index (χ4n) is 1.16. The van der Waals surface area contributed by atoms with E-state index in [0.717, 1.165) is 12.8 Å². The van der Waals surface area contributed by atoms with Crippen molar-refractivity contribution in [2.75, 3.05) is 13.1 Å². The van der Waals surface area contributed by atoms with E-state index in [0.29, 0.717) is 17.6 Å². The number of aliphatic carboxylic acids is 1.